The predicted octanol–water partition coefficient (Wildman–Crippen LogP) is 0.903. The molecule has 7 nitrogen and oxygen atoms in total. The molecule has 1 fully saturated rings. The number of methoxy groups -OCH3 is 1. The van der Waals surface area contributed by atoms with Crippen molar-refractivity contribution in [1.82, 2.24) is 9.80 Å². The third kappa shape index (κ3) is 5.41. The number of morpholine rings is 1. The molecular formula is C19H28N2O5. The van der Waals surface area contributed by atoms with Gasteiger partial charge in [0.2, 0.25) is 5.91 Å². The lowest BCUT2D eigenvalue weighted by Crippen LogP contribution is -2.36. The van der Waals surface area contributed by atoms with Gasteiger partial charge in [-0.1, -0.05) is 6.07 Å². The van der Waals surface area contributed by atoms with E-state index in [-0.39, 0.29) is 12.5 Å². The number of rotatable bonds is 7. The van der Waals surface area contributed by atoms with Crippen molar-refractivity contribution in [3.8, 4) is 5.75 Å². The number of carbonyl (C=O) groups excluding carboxylic acids is 1. The van der Waals surface area contributed by atoms with Crippen molar-refractivity contribution in [2.24, 2.45) is 0 Å². The third-order valence-corrected chi connectivity index (χ3v) is 4.62. The Labute approximate surface area is 154 Å². The van der Waals surface area contributed by atoms with Gasteiger partial charge in [0.1, 0.15) is 19.0 Å². The summed E-state index contributed by atoms with van der Waals surface area (Å²) in [5, 5.41) is 0. The summed E-state index contributed by atoms with van der Waals surface area (Å²) in [6.07, 6.45) is 0. The van der Waals surface area contributed by atoms with E-state index < -0.39 is 0 Å². The standard InChI is InChI=1S/C19H28N2O5/c1-23-10-11-25-15-19(22)21-6-9-26-18-3-2-16(12-17(18)14-21)13-20-4-7-24-8-5-20/h2-3,12H,4-11,13-15H2,1H3. The molecule has 7 heteroatoms. The van der Waals surface area contributed by atoms with E-state index in [2.05, 4.69) is 17.0 Å². The molecule has 0 spiro atoms. The number of ether oxygens (including phenoxy) is 4. The van der Waals surface area contributed by atoms with Crippen molar-refractivity contribution in [3.63, 3.8) is 0 Å². The quantitative estimate of drug-likeness (QED) is 0.670. The summed E-state index contributed by atoms with van der Waals surface area (Å²) in [4.78, 5) is 16.6. The van der Waals surface area contributed by atoms with Crippen LogP contribution >= 0.6 is 0 Å². The van der Waals surface area contributed by atoms with Crippen LogP contribution in [0.25, 0.3) is 0 Å². The molecule has 1 aromatic rings. The minimum atomic E-state index is -0.0175. The van der Waals surface area contributed by atoms with Crippen LogP contribution in [0.5, 0.6) is 5.75 Å². The monoisotopic (exact) mass is 364 g/mol. The van der Waals surface area contributed by atoms with Gasteiger partial charge < -0.3 is 23.8 Å². The van der Waals surface area contributed by atoms with Crippen LogP contribution in [0.1, 0.15) is 11.1 Å². The van der Waals surface area contributed by atoms with Gasteiger partial charge in [-0.15, -0.1) is 0 Å². The Bertz CT molecular complexity index is 589. The average Bonchev–Trinajstić information content (AvgIpc) is 2.88. The number of hydrogen-bond donors (Lipinski definition) is 0. The lowest BCUT2D eigenvalue weighted by atomic mass is 10.1. The average molecular weight is 364 g/mol. The van der Waals surface area contributed by atoms with Crippen LogP contribution in [0.15, 0.2) is 18.2 Å². The zero-order chi connectivity index (χ0) is 18.2. The molecule has 26 heavy (non-hydrogen) atoms. The molecule has 1 aromatic carbocycles. The predicted molar refractivity (Wildman–Crippen MR) is 96.1 cm³/mol. The fourth-order valence-electron chi connectivity index (χ4n) is 3.17. The molecular weight excluding hydrogens is 336 g/mol. The summed E-state index contributed by atoms with van der Waals surface area (Å²) in [6.45, 7) is 7.00. The van der Waals surface area contributed by atoms with Gasteiger partial charge in [0.25, 0.3) is 0 Å². The zero-order valence-corrected chi connectivity index (χ0v) is 15.4. The van der Waals surface area contributed by atoms with Gasteiger partial charge in [-0.3, -0.25) is 9.69 Å². The van der Waals surface area contributed by atoms with Crippen molar-refractivity contribution >= 4 is 5.91 Å². The van der Waals surface area contributed by atoms with Crippen molar-refractivity contribution in [1.29, 1.82) is 0 Å². The van der Waals surface area contributed by atoms with Gasteiger partial charge in [0.15, 0.2) is 0 Å². The summed E-state index contributed by atoms with van der Waals surface area (Å²) < 4.78 is 21.5. The first kappa shape index (κ1) is 19.1. The van der Waals surface area contributed by atoms with Crippen molar-refractivity contribution in [2.45, 2.75) is 13.1 Å². The highest BCUT2D eigenvalue weighted by molar-refractivity contribution is 5.77. The van der Waals surface area contributed by atoms with Gasteiger partial charge in [0, 0.05) is 38.9 Å². The van der Waals surface area contributed by atoms with Crippen molar-refractivity contribution in [3.05, 3.63) is 29.3 Å². The molecule has 0 saturated carbocycles. The first-order valence-corrected chi connectivity index (χ1v) is 9.15. The van der Waals surface area contributed by atoms with E-state index in [4.69, 9.17) is 18.9 Å². The fraction of sp³-hybridized carbons (Fsp3) is 0.632. The molecule has 0 unspecified atom stereocenters. The number of hydrogen-bond acceptors (Lipinski definition) is 6. The lowest BCUT2D eigenvalue weighted by molar-refractivity contribution is -0.137. The lowest BCUT2D eigenvalue weighted by Gasteiger charge is -2.27. The maximum Gasteiger partial charge on any atom is 0.248 e. The second-order valence-electron chi connectivity index (χ2n) is 6.54. The summed E-state index contributed by atoms with van der Waals surface area (Å²) in [7, 11) is 1.61. The molecule has 144 valence electrons. The van der Waals surface area contributed by atoms with E-state index in [1.54, 1.807) is 12.0 Å². The van der Waals surface area contributed by atoms with E-state index in [0.717, 1.165) is 44.2 Å². The number of nitrogens with zero attached hydrogens (tertiary/aromatic N) is 2. The topological polar surface area (TPSA) is 60.5 Å². The molecule has 0 aliphatic carbocycles. The van der Waals surface area contributed by atoms with Crippen LogP contribution in [0.4, 0.5) is 0 Å². The van der Waals surface area contributed by atoms with Crippen LogP contribution in [0, 0.1) is 0 Å². The van der Waals surface area contributed by atoms with Crippen LogP contribution in [0.3, 0.4) is 0 Å². The smallest absolute Gasteiger partial charge is 0.248 e. The number of benzene rings is 1. The highest BCUT2D eigenvalue weighted by Gasteiger charge is 2.21. The highest BCUT2D eigenvalue weighted by atomic mass is 16.5. The van der Waals surface area contributed by atoms with E-state index >= 15 is 0 Å². The van der Waals surface area contributed by atoms with Crippen molar-refractivity contribution in [2.75, 3.05) is 66.4 Å². The maximum atomic E-state index is 12.4. The Hall–Kier alpha value is -1.67. The fourth-order valence-corrected chi connectivity index (χ4v) is 3.17. The normalized spacial score (nSPS) is 18.1. The molecule has 1 saturated heterocycles. The second kappa shape index (κ2) is 9.87. The zero-order valence-electron chi connectivity index (χ0n) is 15.4. The Kier molecular flexibility index (Phi) is 7.25. The SMILES string of the molecule is COCCOCC(=O)N1CCOc2ccc(CN3CCOCC3)cc2C1. The summed E-state index contributed by atoms with van der Waals surface area (Å²) in [5.41, 5.74) is 2.29. The van der Waals surface area contributed by atoms with Crippen LogP contribution < -0.4 is 4.74 Å². The summed E-state index contributed by atoms with van der Waals surface area (Å²) in [5.74, 6) is 0.850. The molecule has 0 radical (unpaired) electrons. The highest BCUT2D eigenvalue weighted by Crippen LogP contribution is 2.25. The molecule has 2 aliphatic rings. The van der Waals surface area contributed by atoms with Crippen molar-refractivity contribution < 1.29 is 23.7 Å². The molecule has 1 amide bonds. The molecule has 0 atom stereocenters. The first-order chi connectivity index (χ1) is 12.8. The van der Waals surface area contributed by atoms with E-state index in [9.17, 15) is 4.79 Å². The molecule has 0 N–H and O–H groups in total. The van der Waals surface area contributed by atoms with Crippen LogP contribution in [-0.2, 0) is 32.1 Å². The largest absolute Gasteiger partial charge is 0.491 e. The maximum absolute atomic E-state index is 12.4. The number of fused-ring (bicyclic) bond motifs is 1. The Morgan fingerprint density at radius 3 is 2.81 bits per heavy atom. The number of amides is 1. The van der Waals surface area contributed by atoms with Crippen LogP contribution in [0.2, 0.25) is 0 Å². The molecule has 2 aliphatic heterocycles. The summed E-state index contributed by atoms with van der Waals surface area (Å²) in [6, 6.07) is 6.29. The van der Waals surface area contributed by atoms with Gasteiger partial charge in [-0.25, -0.2) is 0 Å². The van der Waals surface area contributed by atoms with Gasteiger partial charge >= 0.3 is 0 Å². The minimum absolute atomic E-state index is 0.0175. The van der Waals surface area contributed by atoms with Gasteiger partial charge in [0.05, 0.1) is 33.0 Å². The molecule has 0 aromatic heterocycles. The van der Waals surface area contributed by atoms with Gasteiger partial charge in [-0.2, -0.15) is 0 Å². The molecule has 2 heterocycles. The number of carbonyl (C=O) groups is 1. The molecule has 0 bridgehead atoms. The van der Waals surface area contributed by atoms with Crippen LogP contribution in [-0.4, -0.2) is 82.1 Å². The Morgan fingerprint density at radius 1 is 1.15 bits per heavy atom. The first-order valence-electron chi connectivity index (χ1n) is 9.15. The van der Waals surface area contributed by atoms with E-state index in [1.807, 2.05) is 6.07 Å². The molecule has 3 rings (SSSR count). The Morgan fingerprint density at radius 2 is 2.00 bits per heavy atom. The second-order valence-corrected chi connectivity index (χ2v) is 6.54. The minimum Gasteiger partial charge on any atom is -0.491 e. The third-order valence-electron chi connectivity index (χ3n) is 4.62. The van der Waals surface area contributed by atoms with Gasteiger partial charge in [-0.05, 0) is 17.7 Å². The van der Waals surface area contributed by atoms with E-state index in [0.29, 0.717) is 32.9 Å². The van der Waals surface area contributed by atoms with E-state index in [1.165, 1.54) is 5.56 Å². The summed E-state index contributed by atoms with van der Waals surface area (Å²) >= 11 is 0. The Balaban J connectivity index is 1.60.